The number of aliphatic hydroxyl groups excluding tert-OH is 3. The first-order chi connectivity index (χ1) is 15.3. The average molecular weight is 466 g/mol. The minimum absolute atomic E-state index is 0.203. The molecule has 4 rings (SSSR count). The van der Waals surface area contributed by atoms with Crippen LogP contribution < -0.4 is 10.0 Å². The maximum Gasteiger partial charge on any atom is 0.338 e. The number of nitrogens with one attached hydrogen (secondary N) is 2. The topological polar surface area (TPSA) is 181 Å². The first kappa shape index (κ1) is 22.5. The molecule has 14 heteroatoms. The molecule has 2 aromatic heterocycles. The maximum atomic E-state index is 11.6. The number of fused-ring (bicyclic) bond motifs is 1. The lowest BCUT2D eigenvalue weighted by Crippen LogP contribution is -2.36. The van der Waals surface area contributed by atoms with E-state index in [1.54, 1.807) is 0 Å². The molecule has 172 valence electrons. The average Bonchev–Trinajstić information content (AvgIpc) is 3.34. The van der Waals surface area contributed by atoms with Gasteiger partial charge in [0.15, 0.2) is 23.2 Å². The van der Waals surface area contributed by atoms with Crippen LogP contribution in [0.5, 0.6) is 0 Å². The Labute approximate surface area is 182 Å². The third-order valence-electron chi connectivity index (χ3n) is 4.99. The van der Waals surface area contributed by atoms with Crippen LogP contribution in [0.2, 0.25) is 0 Å². The van der Waals surface area contributed by atoms with Crippen molar-refractivity contribution in [2.45, 2.75) is 30.8 Å². The largest absolute Gasteiger partial charge is 0.394 e. The molecule has 0 spiro atoms. The minimum atomic E-state index is -4.17. The third kappa shape index (κ3) is 4.29. The van der Waals surface area contributed by atoms with Gasteiger partial charge in [-0.1, -0.05) is 30.3 Å². The molecule has 13 nitrogen and oxygen atoms in total. The van der Waals surface area contributed by atoms with Gasteiger partial charge in [0.05, 0.1) is 19.0 Å². The lowest BCUT2D eigenvalue weighted by molar-refractivity contribution is -0.122. The second kappa shape index (κ2) is 9.03. The van der Waals surface area contributed by atoms with Crippen LogP contribution in [-0.2, 0) is 19.2 Å². The highest BCUT2D eigenvalue weighted by Gasteiger charge is 2.47. The van der Waals surface area contributed by atoms with Gasteiger partial charge in [-0.05, 0) is 5.56 Å². The molecular weight excluding hydrogens is 444 g/mol. The van der Waals surface area contributed by atoms with Crippen molar-refractivity contribution in [1.29, 1.82) is 0 Å². The predicted octanol–water partition coefficient (Wildman–Crippen LogP) is -0.971. The van der Waals surface area contributed by atoms with Crippen LogP contribution >= 0.6 is 0 Å². The summed E-state index contributed by atoms with van der Waals surface area (Å²) in [6.45, 7) is -0.203. The van der Waals surface area contributed by atoms with E-state index in [0.29, 0.717) is 11.3 Å². The fourth-order valence-electron chi connectivity index (χ4n) is 3.34. The molecule has 3 heterocycles. The van der Waals surface area contributed by atoms with Crippen LogP contribution in [0.15, 0.2) is 43.0 Å². The van der Waals surface area contributed by atoms with Gasteiger partial charge < -0.3 is 25.4 Å². The van der Waals surface area contributed by atoms with Crippen LogP contribution in [0, 0.1) is 0 Å². The quantitative estimate of drug-likeness (QED) is 0.275. The second-order valence-corrected chi connectivity index (χ2v) is 8.48. The number of aromatic nitrogens is 4. The van der Waals surface area contributed by atoms with E-state index in [9.17, 15) is 23.7 Å². The Morgan fingerprint density at radius 1 is 1.19 bits per heavy atom. The Kier molecular flexibility index (Phi) is 6.34. The first-order valence-electron chi connectivity index (χ1n) is 9.58. The van der Waals surface area contributed by atoms with Gasteiger partial charge in [0, 0.05) is 7.05 Å². The Bertz CT molecular complexity index is 1180. The maximum absolute atomic E-state index is 11.6. The SMILES string of the molecule is CNS(=O)(=O)O[C@H]1O[C@@H](n2cnc3c(N[C@@H](CO)c4ccccc4)ncnc32)[C@H](O)[C@@H]1O. The first-order valence-corrected chi connectivity index (χ1v) is 11.0. The van der Waals surface area contributed by atoms with Crippen molar-refractivity contribution in [3.8, 4) is 0 Å². The van der Waals surface area contributed by atoms with E-state index < -0.39 is 41.1 Å². The summed E-state index contributed by atoms with van der Waals surface area (Å²) in [5.41, 5.74) is 1.41. The summed E-state index contributed by atoms with van der Waals surface area (Å²) in [4.78, 5) is 12.6. The molecule has 0 radical (unpaired) electrons. The van der Waals surface area contributed by atoms with E-state index in [1.165, 1.54) is 17.2 Å². The number of imidazole rings is 1. The molecule has 0 saturated carbocycles. The van der Waals surface area contributed by atoms with Crippen LogP contribution in [0.1, 0.15) is 17.8 Å². The van der Waals surface area contributed by atoms with Gasteiger partial charge in [0.25, 0.3) is 0 Å². The van der Waals surface area contributed by atoms with Crippen molar-refractivity contribution in [2.75, 3.05) is 19.0 Å². The number of hydrogen-bond donors (Lipinski definition) is 5. The van der Waals surface area contributed by atoms with E-state index in [4.69, 9.17) is 8.92 Å². The molecular formula is C18H22N6O7S. The van der Waals surface area contributed by atoms with E-state index in [0.717, 1.165) is 12.6 Å². The van der Waals surface area contributed by atoms with Gasteiger partial charge >= 0.3 is 10.3 Å². The van der Waals surface area contributed by atoms with Crippen LogP contribution in [-0.4, -0.2) is 75.4 Å². The number of anilines is 1. The van der Waals surface area contributed by atoms with Crippen LogP contribution in [0.3, 0.4) is 0 Å². The lowest BCUT2D eigenvalue weighted by Gasteiger charge is -2.18. The van der Waals surface area contributed by atoms with E-state index in [-0.39, 0.29) is 12.3 Å². The van der Waals surface area contributed by atoms with Crippen LogP contribution in [0.4, 0.5) is 5.82 Å². The molecule has 0 amide bonds. The molecule has 0 bridgehead atoms. The minimum Gasteiger partial charge on any atom is -0.394 e. The Morgan fingerprint density at radius 2 is 1.94 bits per heavy atom. The molecule has 1 saturated heterocycles. The number of benzene rings is 1. The molecule has 1 aliphatic heterocycles. The van der Waals surface area contributed by atoms with Gasteiger partial charge in [-0.25, -0.2) is 19.1 Å². The standard InChI is InChI=1S/C18H22N6O7S/c1-19-32(28,29)31-18-14(27)13(26)17(30-18)24-9-22-12-15(20-8-21-16(12)24)23-11(7-25)10-5-3-2-4-6-10/h2-6,8-9,11,13-14,17-19,25-27H,7H2,1H3,(H,20,21,23)/t11-,13+,14-,17+,18+/m0/s1. The van der Waals surface area contributed by atoms with Crippen molar-refractivity contribution in [3.63, 3.8) is 0 Å². The number of rotatable bonds is 8. The van der Waals surface area contributed by atoms with E-state index in [1.807, 2.05) is 35.1 Å². The second-order valence-electron chi connectivity index (χ2n) is 6.97. The molecule has 1 aromatic carbocycles. The predicted molar refractivity (Wildman–Crippen MR) is 110 cm³/mol. The summed E-state index contributed by atoms with van der Waals surface area (Å²) >= 11 is 0. The lowest BCUT2D eigenvalue weighted by atomic mass is 10.1. The molecule has 0 aliphatic carbocycles. The van der Waals surface area contributed by atoms with Crippen molar-refractivity contribution in [2.24, 2.45) is 0 Å². The number of aliphatic hydroxyl groups is 3. The highest BCUT2D eigenvalue weighted by molar-refractivity contribution is 7.84. The molecule has 5 atom stereocenters. The molecule has 5 N–H and O–H groups in total. The number of nitrogens with zero attached hydrogens (tertiary/aromatic N) is 4. The summed E-state index contributed by atoms with van der Waals surface area (Å²) in [7, 11) is -3.04. The molecule has 0 unspecified atom stereocenters. The van der Waals surface area contributed by atoms with Gasteiger partial charge in [0.2, 0.25) is 6.29 Å². The van der Waals surface area contributed by atoms with E-state index in [2.05, 4.69) is 20.3 Å². The summed E-state index contributed by atoms with van der Waals surface area (Å²) < 4.78 is 36.7. The normalized spacial score (nSPS) is 24.6. The highest BCUT2D eigenvalue weighted by Crippen LogP contribution is 2.33. The number of hydrogen-bond acceptors (Lipinski definition) is 11. The van der Waals surface area contributed by atoms with E-state index >= 15 is 0 Å². The highest BCUT2D eigenvalue weighted by atomic mass is 32.2. The Balaban J connectivity index is 1.62. The monoisotopic (exact) mass is 466 g/mol. The summed E-state index contributed by atoms with van der Waals surface area (Å²) in [6, 6.07) is 8.81. The molecule has 1 fully saturated rings. The van der Waals surface area contributed by atoms with Gasteiger partial charge in [-0.3, -0.25) is 4.57 Å². The molecule has 1 aliphatic rings. The van der Waals surface area contributed by atoms with Crippen molar-refractivity contribution >= 4 is 27.3 Å². The Morgan fingerprint density at radius 3 is 2.62 bits per heavy atom. The smallest absolute Gasteiger partial charge is 0.338 e. The number of ether oxygens (including phenoxy) is 1. The Hall–Kier alpha value is -2.72. The van der Waals surface area contributed by atoms with Gasteiger partial charge in [-0.2, -0.15) is 13.1 Å². The zero-order valence-corrected chi connectivity index (χ0v) is 17.6. The summed E-state index contributed by atoms with van der Waals surface area (Å²) in [5.74, 6) is 0.329. The third-order valence-corrected chi connectivity index (χ3v) is 5.94. The summed E-state index contributed by atoms with van der Waals surface area (Å²) in [5, 5.41) is 33.5. The fraction of sp³-hybridized carbons (Fsp3) is 0.389. The van der Waals surface area contributed by atoms with Crippen molar-refractivity contribution in [1.82, 2.24) is 24.2 Å². The van der Waals surface area contributed by atoms with Crippen LogP contribution in [0.25, 0.3) is 11.2 Å². The molecule has 3 aromatic rings. The van der Waals surface area contributed by atoms with Gasteiger partial charge in [-0.15, -0.1) is 0 Å². The fourth-order valence-corrected chi connectivity index (χ4v) is 3.84. The zero-order chi connectivity index (χ0) is 22.9. The molecule has 32 heavy (non-hydrogen) atoms. The van der Waals surface area contributed by atoms with Crippen molar-refractivity contribution in [3.05, 3.63) is 48.5 Å². The zero-order valence-electron chi connectivity index (χ0n) is 16.8. The van der Waals surface area contributed by atoms with Crippen molar-refractivity contribution < 1.29 is 32.7 Å². The summed E-state index contributed by atoms with van der Waals surface area (Å²) in [6.07, 6.45) is -3.45. The van der Waals surface area contributed by atoms with Gasteiger partial charge in [0.1, 0.15) is 18.5 Å².